The zero-order valence-electron chi connectivity index (χ0n) is 9.74. The maximum absolute atomic E-state index is 11.5. The molecule has 0 spiro atoms. The molecule has 0 radical (unpaired) electrons. The third-order valence-corrected chi connectivity index (χ3v) is 2.67. The van der Waals surface area contributed by atoms with Crippen LogP contribution in [-0.4, -0.2) is 13.0 Å². The number of amides is 1. The van der Waals surface area contributed by atoms with Gasteiger partial charge in [0.1, 0.15) is 5.75 Å². The molecule has 0 aliphatic rings. The molecule has 0 aliphatic carbocycles. The van der Waals surface area contributed by atoms with Gasteiger partial charge in [0, 0.05) is 16.6 Å². The van der Waals surface area contributed by atoms with Gasteiger partial charge in [-0.05, 0) is 35.0 Å². The minimum absolute atomic E-state index is 0.183. The Hall–Kier alpha value is -1.55. The Kier molecular flexibility index (Phi) is 5.49. The smallest absolute Gasteiger partial charge is 0.248 e. The van der Waals surface area contributed by atoms with E-state index < -0.39 is 0 Å². The summed E-state index contributed by atoms with van der Waals surface area (Å²) in [6.07, 6.45) is 6.79. The molecule has 0 unspecified atom stereocenters. The highest BCUT2D eigenvalue weighted by Crippen LogP contribution is 2.26. The summed E-state index contributed by atoms with van der Waals surface area (Å²) in [5, 5.41) is 2.76. The number of methoxy groups -OCH3 is 1. The van der Waals surface area contributed by atoms with Gasteiger partial charge in [-0.3, -0.25) is 4.79 Å². The van der Waals surface area contributed by atoms with Crippen LogP contribution in [0.4, 0.5) is 5.69 Å². The monoisotopic (exact) mass is 295 g/mol. The standard InChI is InChI=1S/C13H14BrNO2/c1-3-4-5-6-13(16)15-12-9-10(17-2)7-8-11(12)14/h3-9H,1-2H3,(H,15,16). The second-order valence-corrected chi connectivity index (χ2v) is 4.07. The van der Waals surface area contributed by atoms with Gasteiger partial charge in [0.05, 0.1) is 12.8 Å². The molecule has 17 heavy (non-hydrogen) atoms. The first-order valence-corrected chi connectivity index (χ1v) is 5.90. The number of hydrogen-bond acceptors (Lipinski definition) is 2. The number of carbonyl (C=O) groups is 1. The summed E-state index contributed by atoms with van der Waals surface area (Å²) >= 11 is 3.36. The summed E-state index contributed by atoms with van der Waals surface area (Å²) in [6.45, 7) is 1.89. The van der Waals surface area contributed by atoms with Gasteiger partial charge in [0.25, 0.3) is 0 Å². The minimum atomic E-state index is -0.183. The number of anilines is 1. The number of nitrogens with one attached hydrogen (secondary N) is 1. The maximum atomic E-state index is 11.5. The number of halogens is 1. The van der Waals surface area contributed by atoms with Crippen LogP contribution >= 0.6 is 15.9 Å². The molecule has 0 atom stereocenters. The first-order chi connectivity index (χ1) is 8.17. The zero-order valence-corrected chi connectivity index (χ0v) is 11.3. The van der Waals surface area contributed by atoms with E-state index in [0.29, 0.717) is 11.4 Å². The van der Waals surface area contributed by atoms with Gasteiger partial charge >= 0.3 is 0 Å². The molecule has 0 bridgehead atoms. The Morgan fingerprint density at radius 3 is 2.82 bits per heavy atom. The molecule has 4 heteroatoms. The molecule has 0 saturated heterocycles. The second kappa shape index (κ2) is 6.91. The van der Waals surface area contributed by atoms with Gasteiger partial charge in [-0.1, -0.05) is 18.2 Å². The number of benzene rings is 1. The highest BCUT2D eigenvalue weighted by atomic mass is 79.9. The van der Waals surface area contributed by atoms with Crippen LogP contribution in [0, 0.1) is 0 Å². The molecule has 0 aliphatic heterocycles. The van der Waals surface area contributed by atoms with E-state index >= 15 is 0 Å². The van der Waals surface area contributed by atoms with Crippen LogP contribution < -0.4 is 10.1 Å². The van der Waals surface area contributed by atoms with Crippen LogP contribution in [0.15, 0.2) is 47.0 Å². The summed E-state index contributed by atoms with van der Waals surface area (Å²) in [6, 6.07) is 5.39. The van der Waals surface area contributed by atoms with Crippen molar-refractivity contribution in [2.45, 2.75) is 6.92 Å². The summed E-state index contributed by atoms with van der Waals surface area (Å²) in [5.41, 5.74) is 0.680. The van der Waals surface area contributed by atoms with Crippen molar-refractivity contribution in [2.75, 3.05) is 12.4 Å². The second-order valence-electron chi connectivity index (χ2n) is 3.22. The van der Waals surface area contributed by atoms with Gasteiger partial charge in [-0.15, -0.1) is 0 Å². The molecule has 1 aromatic rings. The highest BCUT2D eigenvalue weighted by Gasteiger charge is 2.04. The van der Waals surface area contributed by atoms with Crippen molar-refractivity contribution in [2.24, 2.45) is 0 Å². The van der Waals surface area contributed by atoms with Crippen molar-refractivity contribution in [3.63, 3.8) is 0 Å². The fraction of sp³-hybridized carbons (Fsp3) is 0.154. The fourth-order valence-electron chi connectivity index (χ4n) is 1.16. The largest absolute Gasteiger partial charge is 0.497 e. The van der Waals surface area contributed by atoms with Crippen molar-refractivity contribution in [3.05, 3.63) is 47.0 Å². The summed E-state index contributed by atoms with van der Waals surface area (Å²) in [5.74, 6) is 0.512. The van der Waals surface area contributed by atoms with Crippen molar-refractivity contribution in [1.82, 2.24) is 0 Å². The van der Waals surface area contributed by atoms with E-state index in [-0.39, 0.29) is 5.91 Å². The lowest BCUT2D eigenvalue weighted by atomic mass is 10.3. The molecule has 1 rings (SSSR count). The third kappa shape index (κ3) is 4.44. The van der Waals surface area contributed by atoms with Crippen LogP contribution in [0.5, 0.6) is 5.75 Å². The molecule has 0 aromatic heterocycles. The molecule has 1 aromatic carbocycles. The van der Waals surface area contributed by atoms with Crippen molar-refractivity contribution in [1.29, 1.82) is 0 Å². The molecule has 3 nitrogen and oxygen atoms in total. The quantitative estimate of drug-likeness (QED) is 0.682. The number of carbonyl (C=O) groups excluding carboxylic acids is 1. The number of ether oxygens (including phenoxy) is 1. The normalized spacial score (nSPS) is 11.0. The highest BCUT2D eigenvalue weighted by molar-refractivity contribution is 9.10. The van der Waals surface area contributed by atoms with Crippen molar-refractivity contribution < 1.29 is 9.53 Å². The van der Waals surface area contributed by atoms with Crippen molar-refractivity contribution >= 4 is 27.5 Å². The van der Waals surface area contributed by atoms with Gasteiger partial charge in [0.2, 0.25) is 5.91 Å². The Balaban J connectivity index is 2.77. The predicted molar refractivity (Wildman–Crippen MR) is 73.3 cm³/mol. The van der Waals surface area contributed by atoms with Crippen LogP contribution in [0.1, 0.15) is 6.92 Å². The molecular weight excluding hydrogens is 282 g/mol. The number of rotatable bonds is 4. The summed E-state index contributed by atoms with van der Waals surface area (Å²) in [4.78, 5) is 11.5. The molecule has 1 amide bonds. The topological polar surface area (TPSA) is 38.3 Å². The average Bonchev–Trinajstić information content (AvgIpc) is 2.32. The molecule has 0 saturated carbocycles. The Bertz CT molecular complexity index is 453. The van der Waals surface area contributed by atoms with Crippen LogP contribution in [-0.2, 0) is 4.79 Å². The summed E-state index contributed by atoms with van der Waals surface area (Å²) < 4.78 is 5.90. The third-order valence-electron chi connectivity index (χ3n) is 1.98. The Morgan fingerprint density at radius 1 is 1.41 bits per heavy atom. The van der Waals surface area contributed by atoms with E-state index in [1.807, 2.05) is 25.1 Å². The molecule has 90 valence electrons. The molecule has 0 fully saturated rings. The number of allylic oxidation sites excluding steroid dienone is 3. The number of hydrogen-bond donors (Lipinski definition) is 1. The van der Waals surface area contributed by atoms with Crippen molar-refractivity contribution in [3.8, 4) is 5.75 Å². The van der Waals surface area contributed by atoms with Gasteiger partial charge in [-0.2, -0.15) is 0 Å². The van der Waals surface area contributed by atoms with E-state index in [0.717, 1.165) is 4.47 Å². The van der Waals surface area contributed by atoms with E-state index in [4.69, 9.17) is 4.74 Å². The zero-order chi connectivity index (χ0) is 12.7. The Morgan fingerprint density at radius 2 is 2.18 bits per heavy atom. The lowest BCUT2D eigenvalue weighted by Gasteiger charge is -2.07. The first-order valence-electron chi connectivity index (χ1n) is 5.11. The van der Waals surface area contributed by atoms with Gasteiger partial charge < -0.3 is 10.1 Å². The van der Waals surface area contributed by atoms with E-state index in [1.165, 1.54) is 6.08 Å². The molecular formula is C13H14BrNO2. The maximum Gasteiger partial charge on any atom is 0.248 e. The summed E-state index contributed by atoms with van der Waals surface area (Å²) in [7, 11) is 1.58. The first kappa shape index (κ1) is 13.5. The van der Waals surface area contributed by atoms with Crippen LogP contribution in [0.25, 0.3) is 0 Å². The molecule has 0 heterocycles. The lowest BCUT2D eigenvalue weighted by molar-refractivity contribution is -0.111. The fourth-order valence-corrected chi connectivity index (χ4v) is 1.50. The van der Waals surface area contributed by atoms with Crippen LogP contribution in [0.2, 0.25) is 0 Å². The van der Waals surface area contributed by atoms with E-state index in [1.54, 1.807) is 25.3 Å². The van der Waals surface area contributed by atoms with E-state index in [2.05, 4.69) is 21.2 Å². The SMILES string of the molecule is CC=CC=CC(=O)Nc1cc(OC)ccc1Br. The van der Waals surface area contributed by atoms with Gasteiger partial charge in [-0.25, -0.2) is 0 Å². The average molecular weight is 296 g/mol. The van der Waals surface area contributed by atoms with E-state index in [9.17, 15) is 4.79 Å². The lowest BCUT2D eigenvalue weighted by Crippen LogP contribution is -2.08. The van der Waals surface area contributed by atoms with Crippen LogP contribution in [0.3, 0.4) is 0 Å². The van der Waals surface area contributed by atoms with Gasteiger partial charge in [0.15, 0.2) is 0 Å². The minimum Gasteiger partial charge on any atom is -0.497 e. The Labute approximate surface area is 109 Å². The molecule has 1 N–H and O–H groups in total. The predicted octanol–water partition coefficient (Wildman–Crippen LogP) is 3.53.